The van der Waals surface area contributed by atoms with E-state index in [1.165, 1.54) is 0 Å². The number of halogens is 1. The lowest BCUT2D eigenvalue weighted by molar-refractivity contribution is -0.136. The van der Waals surface area contributed by atoms with Crippen LogP contribution in [-0.4, -0.2) is 21.8 Å². The fourth-order valence-electron chi connectivity index (χ4n) is 1.60. The molecule has 0 aliphatic rings. The molecule has 92 valence electrons. The highest BCUT2D eigenvalue weighted by molar-refractivity contribution is 6.30. The molecule has 0 aliphatic heterocycles. The normalized spacial score (nSPS) is 10.3. The molecule has 0 fully saturated rings. The van der Waals surface area contributed by atoms with Crippen molar-refractivity contribution in [2.75, 3.05) is 0 Å². The zero-order valence-corrected chi connectivity index (χ0v) is 10.1. The lowest BCUT2D eigenvalue weighted by atomic mass is 10.1. The Morgan fingerprint density at radius 1 is 1.11 bits per heavy atom. The lowest BCUT2D eigenvalue weighted by Crippen LogP contribution is -2.04. The maximum absolute atomic E-state index is 12.0. The molecule has 0 saturated heterocycles. The minimum Gasteiger partial charge on any atom is -0.481 e. The maximum atomic E-state index is 12.0. The number of aromatic amines is 1. The zero-order valence-electron chi connectivity index (χ0n) is 9.31. The van der Waals surface area contributed by atoms with Crippen LogP contribution in [0.2, 0.25) is 5.02 Å². The van der Waals surface area contributed by atoms with Crippen LogP contribution in [0, 0.1) is 0 Å². The summed E-state index contributed by atoms with van der Waals surface area (Å²) < 4.78 is 0. The number of benzene rings is 1. The molecule has 18 heavy (non-hydrogen) atoms. The van der Waals surface area contributed by atoms with Gasteiger partial charge in [0.1, 0.15) is 0 Å². The number of H-pyrrole nitrogens is 1. The molecular formula is C13H10ClNO3. The van der Waals surface area contributed by atoms with Crippen LogP contribution in [0.1, 0.15) is 21.7 Å². The number of aromatic nitrogens is 1. The van der Waals surface area contributed by atoms with Crippen LogP contribution in [0.15, 0.2) is 36.4 Å². The van der Waals surface area contributed by atoms with Crippen molar-refractivity contribution in [1.82, 2.24) is 4.98 Å². The van der Waals surface area contributed by atoms with Crippen molar-refractivity contribution in [2.45, 2.75) is 6.42 Å². The molecule has 2 aromatic rings. The van der Waals surface area contributed by atoms with Crippen molar-refractivity contribution in [2.24, 2.45) is 0 Å². The number of hydrogen-bond acceptors (Lipinski definition) is 2. The monoisotopic (exact) mass is 263 g/mol. The van der Waals surface area contributed by atoms with E-state index in [-0.39, 0.29) is 12.2 Å². The van der Waals surface area contributed by atoms with Gasteiger partial charge in [-0.1, -0.05) is 11.6 Å². The summed E-state index contributed by atoms with van der Waals surface area (Å²) >= 11 is 5.74. The van der Waals surface area contributed by atoms with Gasteiger partial charge in [0, 0.05) is 16.3 Å². The summed E-state index contributed by atoms with van der Waals surface area (Å²) in [6.45, 7) is 0. The number of ketones is 1. The average Bonchev–Trinajstić information content (AvgIpc) is 2.76. The van der Waals surface area contributed by atoms with Gasteiger partial charge in [0.05, 0.1) is 12.1 Å². The zero-order chi connectivity index (χ0) is 13.1. The van der Waals surface area contributed by atoms with Gasteiger partial charge in [-0.3, -0.25) is 9.59 Å². The molecule has 0 bridgehead atoms. The Balaban J connectivity index is 2.21. The van der Waals surface area contributed by atoms with Gasteiger partial charge in [-0.15, -0.1) is 0 Å². The van der Waals surface area contributed by atoms with Crippen molar-refractivity contribution < 1.29 is 14.7 Å². The van der Waals surface area contributed by atoms with Gasteiger partial charge >= 0.3 is 5.97 Å². The quantitative estimate of drug-likeness (QED) is 0.833. The van der Waals surface area contributed by atoms with Crippen LogP contribution < -0.4 is 0 Å². The molecule has 1 aromatic heterocycles. The van der Waals surface area contributed by atoms with Crippen LogP contribution in [0.4, 0.5) is 0 Å². The summed E-state index contributed by atoms with van der Waals surface area (Å²) in [5, 5.41) is 9.20. The number of rotatable bonds is 4. The summed E-state index contributed by atoms with van der Waals surface area (Å²) in [7, 11) is 0. The van der Waals surface area contributed by atoms with E-state index >= 15 is 0 Å². The molecule has 0 amide bonds. The second-order valence-electron chi connectivity index (χ2n) is 3.80. The highest BCUT2D eigenvalue weighted by Crippen LogP contribution is 2.14. The molecule has 4 nitrogen and oxygen atoms in total. The van der Waals surface area contributed by atoms with Crippen LogP contribution in [0.25, 0.3) is 0 Å². The van der Waals surface area contributed by atoms with Crippen molar-refractivity contribution in [3.8, 4) is 0 Å². The fourth-order valence-corrected chi connectivity index (χ4v) is 1.72. The first-order valence-corrected chi connectivity index (χ1v) is 5.64. The Morgan fingerprint density at radius 3 is 2.39 bits per heavy atom. The molecule has 0 atom stereocenters. The number of carboxylic acid groups (broad SMARTS) is 1. The predicted octanol–water partition coefficient (Wildman–Crippen LogP) is 2.53. The topological polar surface area (TPSA) is 70.2 Å². The highest BCUT2D eigenvalue weighted by atomic mass is 35.5. The molecule has 0 saturated carbocycles. The number of aliphatic carboxylic acids is 1. The molecule has 2 rings (SSSR count). The third kappa shape index (κ3) is 2.78. The summed E-state index contributed by atoms with van der Waals surface area (Å²) in [5.41, 5.74) is 1.37. The molecule has 5 heteroatoms. The van der Waals surface area contributed by atoms with E-state index in [0.29, 0.717) is 22.0 Å². The molecule has 0 aliphatic carbocycles. The Morgan fingerprint density at radius 2 is 1.78 bits per heavy atom. The van der Waals surface area contributed by atoms with E-state index in [2.05, 4.69) is 4.98 Å². The molecule has 0 unspecified atom stereocenters. The Labute approximate surface area is 108 Å². The van der Waals surface area contributed by atoms with Gasteiger partial charge in [0.25, 0.3) is 0 Å². The highest BCUT2D eigenvalue weighted by Gasteiger charge is 2.12. The first-order chi connectivity index (χ1) is 8.56. The standard InChI is InChI=1S/C13H10ClNO3/c14-9-3-1-8(2-4-9)13(18)11-6-5-10(15-11)7-12(16)17/h1-6,15H,7H2,(H,16,17). The Kier molecular flexibility index (Phi) is 3.48. The van der Waals surface area contributed by atoms with Gasteiger partial charge in [0.15, 0.2) is 0 Å². The second kappa shape index (κ2) is 5.06. The number of carbonyl (C=O) groups excluding carboxylic acids is 1. The molecule has 0 spiro atoms. The molecule has 2 N–H and O–H groups in total. The number of carbonyl (C=O) groups is 2. The van der Waals surface area contributed by atoms with Crippen molar-refractivity contribution in [3.63, 3.8) is 0 Å². The van der Waals surface area contributed by atoms with Crippen LogP contribution in [0.5, 0.6) is 0 Å². The van der Waals surface area contributed by atoms with Gasteiger partial charge in [0.2, 0.25) is 5.78 Å². The Bertz CT molecular complexity index is 587. The Hall–Kier alpha value is -2.07. The van der Waals surface area contributed by atoms with E-state index in [1.807, 2.05) is 0 Å². The summed E-state index contributed by atoms with van der Waals surface area (Å²) in [6, 6.07) is 9.70. The summed E-state index contributed by atoms with van der Waals surface area (Å²) in [5.74, 6) is -1.13. The minimum absolute atomic E-state index is 0.131. The second-order valence-corrected chi connectivity index (χ2v) is 4.24. The van der Waals surface area contributed by atoms with E-state index in [4.69, 9.17) is 16.7 Å². The minimum atomic E-state index is -0.942. The van der Waals surface area contributed by atoms with E-state index < -0.39 is 5.97 Å². The number of nitrogens with one attached hydrogen (secondary N) is 1. The largest absolute Gasteiger partial charge is 0.481 e. The third-order valence-corrected chi connectivity index (χ3v) is 2.69. The van der Waals surface area contributed by atoms with Crippen LogP contribution in [0.3, 0.4) is 0 Å². The van der Waals surface area contributed by atoms with Crippen molar-refractivity contribution in [1.29, 1.82) is 0 Å². The van der Waals surface area contributed by atoms with Gasteiger partial charge < -0.3 is 10.1 Å². The number of carboxylic acids is 1. The smallest absolute Gasteiger partial charge is 0.309 e. The van der Waals surface area contributed by atoms with Gasteiger partial charge in [-0.2, -0.15) is 0 Å². The van der Waals surface area contributed by atoms with E-state index in [0.717, 1.165) is 0 Å². The lowest BCUT2D eigenvalue weighted by Gasteiger charge is -1.99. The first kappa shape index (κ1) is 12.4. The summed E-state index contributed by atoms with van der Waals surface area (Å²) in [4.78, 5) is 25.4. The summed E-state index contributed by atoms with van der Waals surface area (Å²) in [6.07, 6.45) is -0.131. The molecular weight excluding hydrogens is 254 g/mol. The van der Waals surface area contributed by atoms with Crippen LogP contribution in [-0.2, 0) is 11.2 Å². The van der Waals surface area contributed by atoms with E-state index in [1.54, 1.807) is 36.4 Å². The fraction of sp³-hybridized carbons (Fsp3) is 0.0769. The first-order valence-electron chi connectivity index (χ1n) is 5.26. The molecule has 0 radical (unpaired) electrons. The molecule has 1 heterocycles. The predicted molar refractivity (Wildman–Crippen MR) is 67.0 cm³/mol. The third-order valence-electron chi connectivity index (χ3n) is 2.44. The average molecular weight is 264 g/mol. The van der Waals surface area contributed by atoms with Gasteiger partial charge in [-0.25, -0.2) is 0 Å². The number of hydrogen-bond donors (Lipinski definition) is 2. The molecule has 1 aromatic carbocycles. The van der Waals surface area contributed by atoms with Crippen molar-refractivity contribution >= 4 is 23.4 Å². The van der Waals surface area contributed by atoms with E-state index in [9.17, 15) is 9.59 Å². The SMILES string of the molecule is O=C(O)Cc1ccc(C(=O)c2ccc(Cl)cc2)[nH]1. The van der Waals surface area contributed by atoms with Gasteiger partial charge in [-0.05, 0) is 36.4 Å². The van der Waals surface area contributed by atoms with Crippen LogP contribution >= 0.6 is 11.6 Å². The van der Waals surface area contributed by atoms with Crippen molar-refractivity contribution in [3.05, 3.63) is 58.4 Å². The maximum Gasteiger partial charge on any atom is 0.309 e.